The fourth-order valence-corrected chi connectivity index (χ4v) is 5.36. The molecule has 1 unspecified atom stereocenters. The number of pyridine rings is 1. The summed E-state index contributed by atoms with van der Waals surface area (Å²) in [6.07, 6.45) is 4.71. The smallest absolute Gasteiger partial charge is 0.328 e. The molecular weight excluding hydrogens is 602 g/mol. The molecule has 244 valence electrons. The number of nitrogens with one attached hydrogen (secondary N) is 1. The number of methoxy groups -OCH3 is 1. The fourth-order valence-electron chi connectivity index (χ4n) is 5.36. The number of ketones is 1. The van der Waals surface area contributed by atoms with Crippen LogP contribution in [0.25, 0.3) is 0 Å². The van der Waals surface area contributed by atoms with Crippen molar-refractivity contribution in [1.82, 2.24) is 9.88 Å². The van der Waals surface area contributed by atoms with Crippen LogP contribution in [0.2, 0.25) is 0 Å². The summed E-state index contributed by atoms with van der Waals surface area (Å²) in [5, 5.41) is 3.24. The van der Waals surface area contributed by atoms with Gasteiger partial charge in [0.2, 0.25) is 5.91 Å². The number of hydrogen-bond donors (Lipinski definition) is 1. The van der Waals surface area contributed by atoms with E-state index in [1.807, 2.05) is 95.9 Å². The Hall–Kier alpha value is -5.76. The van der Waals surface area contributed by atoms with E-state index in [9.17, 15) is 14.4 Å². The average Bonchev–Trinajstić information content (AvgIpc) is 3.14. The molecule has 0 fully saturated rings. The van der Waals surface area contributed by atoms with E-state index in [4.69, 9.17) is 9.47 Å². The molecule has 0 saturated carbocycles. The van der Waals surface area contributed by atoms with Gasteiger partial charge >= 0.3 is 5.97 Å². The predicted molar refractivity (Wildman–Crippen MR) is 186 cm³/mol. The molecule has 0 aliphatic heterocycles. The highest BCUT2D eigenvalue weighted by molar-refractivity contribution is 6.12. The summed E-state index contributed by atoms with van der Waals surface area (Å²) < 4.78 is 11.1. The third-order valence-electron chi connectivity index (χ3n) is 7.87. The summed E-state index contributed by atoms with van der Waals surface area (Å²) in [5.41, 5.74) is 4.44. The van der Waals surface area contributed by atoms with Gasteiger partial charge in [-0.25, -0.2) is 4.79 Å². The minimum atomic E-state index is -0.716. The third-order valence-corrected chi connectivity index (χ3v) is 7.87. The molecule has 0 radical (unpaired) electrons. The molecule has 8 heteroatoms. The monoisotopic (exact) mass is 641 g/mol. The van der Waals surface area contributed by atoms with Crippen molar-refractivity contribution in [1.29, 1.82) is 0 Å². The lowest BCUT2D eigenvalue weighted by molar-refractivity contribution is -0.141. The number of hydrogen-bond acceptors (Lipinski definition) is 7. The highest BCUT2D eigenvalue weighted by atomic mass is 16.5. The number of amides is 1. The van der Waals surface area contributed by atoms with E-state index in [0.29, 0.717) is 61.5 Å². The number of ether oxygens (including phenoxy) is 2. The summed E-state index contributed by atoms with van der Waals surface area (Å²) in [6, 6.07) is 36.7. The first-order valence-electron chi connectivity index (χ1n) is 16.0. The van der Waals surface area contributed by atoms with E-state index in [-0.39, 0.29) is 11.7 Å². The lowest BCUT2D eigenvalue weighted by Gasteiger charge is -2.23. The van der Waals surface area contributed by atoms with Crippen molar-refractivity contribution in [3.8, 4) is 5.75 Å². The summed E-state index contributed by atoms with van der Waals surface area (Å²) in [5.74, 6) is 0.161. The van der Waals surface area contributed by atoms with Gasteiger partial charge in [0.1, 0.15) is 11.8 Å². The van der Waals surface area contributed by atoms with Crippen molar-refractivity contribution in [3.63, 3.8) is 0 Å². The van der Waals surface area contributed by atoms with Crippen LogP contribution in [-0.4, -0.2) is 53.8 Å². The molecule has 4 aromatic carbocycles. The van der Waals surface area contributed by atoms with Crippen molar-refractivity contribution >= 4 is 23.3 Å². The van der Waals surface area contributed by atoms with Crippen LogP contribution in [0.4, 0.5) is 5.69 Å². The molecule has 1 atom stereocenters. The van der Waals surface area contributed by atoms with Gasteiger partial charge in [0.05, 0.1) is 20.1 Å². The first-order chi connectivity index (χ1) is 23.5. The van der Waals surface area contributed by atoms with Gasteiger partial charge in [-0.3, -0.25) is 14.6 Å². The van der Waals surface area contributed by atoms with Crippen LogP contribution in [0.15, 0.2) is 134 Å². The van der Waals surface area contributed by atoms with Gasteiger partial charge in [-0.05, 0) is 53.4 Å². The number of rotatable bonds is 16. The molecule has 1 amide bonds. The van der Waals surface area contributed by atoms with E-state index in [2.05, 4.69) is 10.3 Å². The molecule has 0 bridgehead atoms. The summed E-state index contributed by atoms with van der Waals surface area (Å²) in [7, 11) is 1.35. The molecule has 0 aliphatic carbocycles. The Balaban J connectivity index is 1.17. The number of esters is 1. The van der Waals surface area contributed by atoms with Crippen molar-refractivity contribution in [2.75, 3.05) is 25.6 Å². The Kier molecular flexibility index (Phi) is 12.1. The largest absolute Gasteiger partial charge is 0.494 e. The maximum absolute atomic E-state index is 13.2. The number of aromatic nitrogens is 1. The summed E-state index contributed by atoms with van der Waals surface area (Å²) in [4.78, 5) is 45.2. The zero-order chi connectivity index (χ0) is 33.6. The molecule has 5 rings (SSSR count). The molecular formula is C40H39N3O5. The molecule has 1 heterocycles. The molecule has 48 heavy (non-hydrogen) atoms. The van der Waals surface area contributed by atoms with Gasteiger partial charge in [-0.2, -0.15) is 0 Å². The van der Waals surface area contributed by atoms with Gasteiger partial charge in [-0.1, -0.05) is 91.0 Å². The van der Waals surface area contributed by atoms with Crippen LogP contribution in [0, 0.1) is 0 Å². The fraction of sp³-hybridized carbons (Fsp3) is 0.200. The Labute approximate surface area is 281 Å². The van der Waals surface area contributed by atoms with Crippen LogP contribution >= 0.6 is 0 Å². The average molecular weight is 642 g/mol. The van der Waals surface area contributed by atoms with E-state index < -0.39 is 12.0 Å². The number of carbonyl (C=O) groups is 3. The summed E-state index contributed by atoms with van der Waals surface area (Å²) >= 11 is 0. The zero-order valence-corrected chi connectivity index (χ0v) is 27.0. The second kappa shape index (κ2) is 17.2. The van der Waals surface area contributed by atoms with Gasteiger partial charge in [0.25, 0.3) is 0 Å². The molecule has 1 aromatic heterocycles. The van der Waals surface area contributed by atoms with Crippen LogP contribution in [-0.2, 0) is 33.7 Å². The van der Waals surface area contributed by atoms with Crippen LogP contribution in [0.5, 0.6) is 5.75 Å². The van der Waals surface area contributed by atoms with Crippen molar-refractivity contribution in [3.05, 3.63) is 162 Å². The number of carbonyl (C=O) groups excluding carboxylic acids is 3. The highest BCUT2D eigenvalue weighted by Gasteiger charge is 2.23. The molecule has 0 spiro atoms. The first-order valence-corrected chi connectivity index (χ1v) is 16.0. The highest BCUT2D eigenvalue weighted by Crippen LogP contribution is 2.22. The van der Waals surface area contributed by atoms with Crippen LogP contribution in [0.3, 0.4) is 0 Å². The van der Waals surface area contributed by atoms with Gasteiger partial charge in [-0.15, -0.1) is 0 Å². The van der Waals surface area contributed by atoms with Gasteiger partial charge in [0, 0.05) is 48.7 Å². The van der Waals surface area contributed by atoms with E-state index in [0.717, 1.165) is 16.7 Å². The van der Waals surface area contributed by atoms with Crippen molar-refractivity contribution in [2.24, 2.45) is 0 Å². The maximum Gasteiger partial charge on any atom is 0.328 e. The van der Waals surface area contributed by atoms with Crippen molar-refractivity contribution in [2.45, 2.75) is 31.8 Å². The summed E-state index contributed by atoms with van der Waals surface area (Å²) in [6.45, 7) is 1.51. The number of anilines is 1. The molecule has 5 aromatic rings. The Morgan fingerprint density at radius 3 is 2.17 bits per heavy atom. The zero-order valence-electron chi connectivity index (χ0n) is 27.0. The van der Waals surface area contributed by atoms with Crippen LogP contribution in [0.1, 0.15) is 39.0 Å². The Morgan fingerprint density at radius 2 is 1.46 bits per heavy atom. The normalized spacial score (nSPS) is 11.3. The predicted octanol–water partition coefficient (Wildman–Crippen LogP) is 6.55. The van der Waals surface area contributed by atoms with Gasteiger partial charge in [0.15, 0.2) is 5.78 Å². The SMILES string of the molecule is COC(=O)C(Cc1ccc(OCCCN(Cc2ccccc2)C(=O)Cc2cccnc2)cc1)Nc1ccccc1C(=O)c1ccccc1. The van der Waals surface area contributed by atoms with E-state index >= 15 is 0 Å². The molecule has 0 saturated heterocycles. The second-order valence-corrected chi connectivity index (χ2v) is 11.3. The van der Waals surface area contributed by atoms with Gasteiger partial charge < -0.3 is 19.7 Å². The Morgan fingerprint density at radius 1 is 0.771 bits per heavy atom. The Bertz CT molecular complexity index is 1760. The van der Waals surface area contributed by atoms with E-state index in [1.165, 1.54) is 7.11 Å². The standard InChI is InChI=1S/C40H39N3O5/c1-47-40(46)37(42-36-18-9-8-17-35(36)39(45)33-15-6-3-7-16-33)26-30-19-21-34(22-20-30)48-25-11-24-43(29-31-12-4-2-5-13-31)38(44)27-32-14-10-23-41-28-32/h2-10,12-23,28,37,42H,11,24-27,29H2,1H3. The molecule has 0 aliphatic rings. The maximum atomic E-state index is 13.2. The second-order valence-electron chi connectivity index (χ2n) is 11.3. The minimum absolute atomic E-state index is 0.0389. The number of benzene rings is 4. The lowest BCUT2D eigenvalue weighted by Crippen LogP contribution is -2.33. The van der Waals surface area contributed by atoms with Crippen LogP contribution < -0.4 is 10.1 Å². The topological polar surface area (TPSA) is 97.8 Å². The molecule has 8 nitrogen and oxygen atoms in total. The lowest BCUT2D eigenvalue weighted by atomic mass is 10.00. The number of nitrogens with zero attached hydrogens (tertiary/aromatic N) is 2. The first kappa shape index (κ1) is 33.6. The molecule has 1 N–H and O–H groups in total. The third kappa shape index (κ3) is 9.62. The number of para-hydroxylation sites is 1. The van der Waals surface area contributed by atoms with E-state index in [1.54, 1.807) is 42.7 Å². The van der Waals surface area contributed by atoms with Crippen molar-refractivity contribution < 1.29 is 23.9 Å². The quantitative estimate of drug-likeness (QED) is 0.0742. The minimum Gasteiger partial charge on any atom is -0.494 e.